The molecule has 0 spiro atoms. The molecule has 4 aromatic rings. The first kappa shape index (κ1) is 22.5. The molecule has 2 heterocycles. The van der Waals surface area contributed by atoms with Crippen LogP contribution in [0.2, 0.25) is 0 Å². The maximum absolute atomic E-state index is 13.1. The van der Waals surface area contributed by atoms with Gasteiger partial charge in [0.2, 0.25) is 0 Å². The van der Waals surface area contributed by atoms with Gasteiger partial charge in [0.15, 0.2) is 0 Å². The molecule has 0 atom stereocenters. The average molecular weight is 465 g/mol. The lowest BCUT2D eigenvalue weighted by atomic mass is 9.87. The third-order valence-corrected chi connectivity index (χ3v) is 6.60. The molecule has 0 aliphatic heterocycles. The third kappa shape index (κ3) is 4.45. The predicted octanol–water partition coefficient (Wildman–Crippen LogP) is 3.85. The second-order valence-electron chi connectivity index (χ2n) is 8.57. The fraction of sp³-hybridized carbons (Fsp3) is 0.208. The van der Waals surface area contributed by atoms with Gasteiger partial charge < -0.3 is 4.74 Å². The number of fused-ring (bicyclic) bond motifs is 1. The van der Waals surface area contributed by atoms with E-state index in [2.05, 4.69) is 14.8 Å². The molecule has 0 unspecified atom stereocenters. The van der Waals surface area contributed by atoms with E-state index < -0.39 is 15.9 Å². The lowest BCUT2D eigenvalue weighted by Crippen LogP contribution is -2.31. The zero-order valence-electron chi connectivity index (χ0n) is 18.7. The summed E-state index contributed by atoms with van der Waals surface area (Å²) >= 11 is 0. The molecule has 1 amide bonds. The zero-order chi connectivity index (χ0) is 23.8. The highest BCUT2D eigenvalue weighted by molar-refractivity contribution is 7.90. The Morgan fingerprint density at radius 3 is 2.55 bits per heavy atom. The SMILES string of the molecule is COc1ccc(C(C)(C)C)cc1S(=O)(=O)NC(=O)c1cnc2c(-n3cccn3)cccc2c1. The Morgan fingerprint density at radius 2 is 1.88 bits per heavy atom. The summed E-state index contributed by atoms with van der Waals surface area (Å²) in [7, 11) is -2.81. The third-order valence-electron chi connectivity index (χ3n) is 5.25. The standard InChI is InChI=1S/C24H24N4O4S/c1-24(2,3)18-9-10-20(32-4)21(14-18)33(30,31)27-23(29)17-13-16-7-5-8-19(22(16)25-15-17)28-12-6-11-26-28/h5-15H,1-4H3,(H,27,29). The number of nitrogens with zero attached hydrogens (tertiary/aromatic N) is 3. The number of carbonyl (C=O) groups excluding carboxylic acids is 1. The lowest BCUT2D eigenvalue weighted by Gasteiger charge is -2.21. The average Bonchev–Trinajstić information content (AvgIpc) is 3.31. The number of hydrogen-bond acceptors (Lipinski definition) is 6. The summed E-state index contributed by atoms with van der Waals surface area (Å²) in [4.78, 5) is 17.2. The van der Waals surface area contributed by atoms with E-state index in [-0.39, 0.29) is 21.6 Å². The predicted molar refractivity (Wildman–Crippen MR) is 125 cm³/mol. The summed E-state index contributed by atoms with van der Waals surface area (Å²) < 4.78 is 35.3. The summed E-state index contributed by atoms with van der Waals surface area (Å²) in [5.74, 6) is -0.624. The molecule has 4 rings (SSSR count). The molecular formula is C24H24N4O4S. The highest BCUT2D eigenvalue weighted by Crippen LogP contribution is 2.31. The molecule has 2 aromatic carbocycles. The molecule has 0 radical (unpaired) electrons. The topological polar surface area (TPSA) is 103 Å². The zero-order valence-corrected chi connectivity index (χ0v) is 19.6. The van der Waals surface area contributed by atoms with Gasteiger partial charge in [-0.25, -0.2) is 17.8 Å². The number of rotatable bonds is 5. The van der Waals surface area contributed by atoms with Crippen LogP contribution in [0.25, 0.3) is 16.6 Å². The number of benzene rings is 2. The minimum atomic E-state index is -4.20. The van der Waals surface area contributed by atoms with Crippen molar-refractivity contribution in [3.63, 3.8) is 0 Å². The van der Waals surface area contributed by atoms with Crippen molar-refractivity contribution in [2.75, 3.05) is 7.11 Å². The van der Waals surface area contributed by atoms with Crippen molar-refractivity contribution in [3.05, 3.63) is 78.2 Å². The molecule has 0 fully saturated rings. The second-order valence-corrected chi connectivity index (χ2v) is 10.2. The molecular weight excluding hydrogens is 440 g/mol. The fourth-order valence-electron chi connectivity index (χ4n) is 3.45. The number of carbonyl (C=O) groups is 1. The highest BCUT2D eigenvalue weighted by Gasteiger charge is 2.26. The largest absolute Gasteiger partial charge is 0.495 e. The van der Waals surface area contributed by atoms with Crippen molar-refractivity contribution in [1.29, 1.82) is 0 Å². The van der Waals surface area contributed by atoms with E-state index in [1.54, 1.807) is 41.3 Å². The summed E-state index contributed by atoms with van der Waals surface area (Å²) in [5, 5.41) is 4.90. The Bertz CT molecular complexity index is 1440. The molecule has 0 saturated heterocycles. The van der Waals surface area contributed by atoms with E-state index in [0.29, 0.717) is 10.9 Å². The summed E-state index contributed by atoms with van der Waals surface area (Å²) in [6.07, 6.45) is 4.81. The number of pyridine rings is 1. The number of sulfonamides is 1. The Morgan fingerprint density at radius 1 is 1.09 bits per heavy atom. The first-order chi connectivity index (χ1) is 15.6. The molecule has 8 nitrogen and oxygen atoms in total. The molecule has 0 aliphatic carbocycles. The summed E-state index contributed by atoms with van der Waals surface area (Å²) in [5.41, 5.74) is 2.03. The van der Waals surface area contributed by atoms with Crippen LogP contribution in [-0.4, -0.2) is 36.2 Å². The highest BCUT2D eigenvalue weighted by atomic mass is 32.2. The van der Waals surface area contributed by atoms with Crippen molar-refractivity contribution in [2.24, 2.45) is 0 Å². The van der Waals surface area contributed by atoms with Gasteiger partial charge in [-0.3, -0.25) is 9.78 Å². The quantitative estimate of drug-likeness (QED) is 0.481. The summed E-state index contributed by atoms with van der Waals surface area (Å²) in [6, 6.07) is 13.8. The Balaban J connectivity index is 1.68. The van der Waals surface area contributed by atoms with E-state index in [9.17, 15) is 13.2 Å². The monoisotopic (exact) mass is 464 g/mol. The number of nitrogens with one attached hydrogen (secondary N) is 1. The Kier molecular flexibility index (Phi) is 5.67. The van der Waals surface area contributed by atoms with Crippen LogP contribution in [0.3, 0.4) is 0 Å². The smallest absolute Gasteiger partial charge is 0.268 e. The number of para-hydroxylation sites is 1. The van der Waals surface area contributed by atoms with Crippen molar-refractivity contribution < 1.29 is 17.9 Å². The Hall–Kier alpha value is -3.72. The minimum Gasteiger partial charge on any atom is -0.495 e. The van der Waals surface area contributed by atoms with Crippen molar-refractivity contribution in [2.45, 2.75) is 31.1 Å². The molecule has 0 saturated carbocycles. The summed E-state index contributed by atoms with van der Waals surface area (Å²) in [6.45, 7) is 5.92. The van der Waals surface area contributed by atoms with Gasteiger partial charge in [-0.05, 0) is 41.3 Å². The van der Waals surface area contributed by atoms with Crippen molar-refractivity contribution >= 4 is 26.8 Å². The molecule has 0 bridgehead atoms. The van der Waals surface area contributed by atoms with Crippen LogP contribution in [0, 0.1) is 0 Å². The van der Waals surface area contributed by atoms with Gasteiger partial charge in [-0.15, -0.1) is 0 Å². The number of hydrogen-bond donors (Lipinski definition) is 1. The van der Waals surface area contributed by atoms with Crippen molar-refractivity contribution in [3.8, 4) is 11.4 Å². The van der Waals surface area contributed by atoms with Crippen LogP contribution in [0.4, 0.5) is 0 Å². The van der Waals surface area contributed by atoms with Gasteiger partial charge in [0, 0.05) is 24.0 Å². The maximum Gasteiger partial charge on any atom is 0.268 e. The molecule has 33 heavy (non-hydrogen) atoms. The number of amides is 1. The van der Waals surface area contributed by atoms with Gasteiger partial charge in [0.1, 0.15) is 10.6 Å². The Labute approximate surface area is 192 Å². The van der Waals surface area contributed by atoms with E-state index in [0.717, 1.165) is 11.3 Å². The second kappa shape index (κ2) is 8.32. The van der Waals surface area contributed by atoms with Crippen LogP contribution in [0.5, 0.6) is 5.75 Å². The van der Waals surface area contributed by atoms with Gasteiger partial charge >= 0.3 is 0 Å². The lowest BCUT2D eigenvalue weighted by molar-refractivity contribution is 0.0981. The van der Waals surface area contributed by atoms with Gasteiger partial charge in [0.25, 0.3) is 15.9 Å². The van der Waals surface area contributed by atoms with E-state index in [1.165, 1.54) is 19.4 Å². The first-order valence-electron chi connectivity index (χ1n) is 10.2. The van der Waals surface area contributed by atoms with Gasteiger partial charge in [-0.2, -0.15) is 5.10 Å². The molecule has 2 aromatic heterocycles. The van der Waals surface area contributed by atoms with Gasteiger partial charge in [-0.1, -0.05) is 39.0 Å². The van der Waals surface area contributed by atoms with Crippen molar-refractivity contribution in [1.82, 2.24) is 19.5 Å². The van der Waals surface area contributed by atoms with Gasteiger partial charge in [0.05, 0.1) is 23.9 Å². The first-order valence-corrected chi connectivity index (χ1v) is 11.7. The van der Waals surface area contributed by atoms with Crippen LogP contribution in [-0.2, 0) is 15.4 Å². The van der Waals surface area contributed by atoms with Crippen LogP contribution >= 0.6 is 0 Å². The van der Waals surface area contributed by atoms with E-state index >= 15 is 0 Å². The molecule has 9 heteroatoms. The number of aromatic nitrogens is 3. The maximum atomic E-state index is 13.1. The molecule has 1 N–H and O–H groups in total. The minimum absolute atomic E-state index is 0.0968. The van der Waals surface area contributed by atoms with Crippen LogP contribution < -0.4 is 9.46 Å². The molecule has 170 valence electrons. The number of ether oxygens (including phenoxy) is 1. The van der Waals surface area contributed by atoms with Crippen LogP contribution in [0.1, 0.15) is 36.7 Å². The van der Waals surface area contributed by atoms with Crippen LogP contribution in [0.15, 0.2) is 72.0 Å². The molecule has 0 aliphatic rings. The number of methoxy groups -OCH3 is 1. The van der Waals surface area contributed by atoms with E-state index in [4.69, 9.17) is 4.74 Å². The fourth-order valence-corrected chi connectivity index (χ4v) is 4.62. The normalized spacial score (nSPS) is 12.0. The van der Waals surface area contributed by atoms with E-state index in [1.807, 2.05) is 39.0 Å².